The minimum Gasteiger partial charge on any atom is -0.399 e. The van der Waals surface area contributed by atoms with Crippen molar-refractivity contribution in [3.05, 3.63) is 29.8 Å². The molecular formula is C9H7F6NO. The molecule has 1 atom stereocenters. The third-order valence-corrected chi connectivity index (χ3v) is 2.11. The van der Waals surface area contributed by atoms with Gasteiger partial charge in [0.05, 0.1) is 0 Å². The zero-order valence-electron chi connectivity index (χ0n) is 8.10. The fraction of sp³-hybridized carbons (Fsp3) is 0.333. The zero-order valence-corrected chi connectivity index (χ0v) is 8.10. The predicted molar refractivity (Wildman–Crippen MR) is 46.9 cm³/mol. The lowest BCUT2D eigenvalue weighted by Crippen LogP contribution is -2.52. The number of rotatable bonds is 2. The van der Waals surface area contributed by atoms with E-state index < -0.39 is 23.5 Å². The molecule has 1 aromatic rings. The molecule has 0 aliphatic rings. The molecule has 1 rings (SSSR count). The second-order valence-electron chi connectivity index (χ2n) is 3.32. The van der Waals surface area contributed by atoms with Gasteiger partial charge in [-0.3, -0.25) is 0 Å². The highest BCUT2D eigenvalue weighted by Gasteiger charge is 2.72. The predicted octanol–water partition coefficient (Wildman–Crippen LogP) is 2.58. The Bertz CT molecular complexity index is 379. The highest BCUT2D eigenvalue weighted by atomic mass is 19.4. The second-order valence-corrected chi connectivity index (χ2v) is 3.32. The average molecular weight is 259 g/mol. The van der Waals surface area contributed by atoms with Crippen LogP contribution in [-0.4, -0.2) is 17.4 Å². The quantitative estimate of drug-likeness (QED) is 0.633. The molecule has 0 spiro atoms. The first-order valence-corrected chi connectivity index (χ1v) is 4.22. The summed E-state index contributed by atoms with van der Waals surface area (Å²) >= 11 is 0. The molecule has 0 fully saturated rings. The molecule has 8 heteroatoms. The molecule has 1 aromatic carbocycles. The Balaban J connectivity index is 3.41. The van der Waals surface area contributed by atoms with Crippen molar-refractivity contribution in [2.45, 2.75) is 18.0 Å². The molecule has 0 bridgehead atoms. The van der Waals surface area contributed by atoms with Crippen molar-refractivity contribution < 1.29 is 31.4 Å². The van der Waals surface area contributed by atoms with Gasteiger partial charge < -0.3 is 10.8 Å². The van der Waals surface area contributed by atoms with Gasteiger partial charge in [0.25, 0.3) is 0 Å². The smallest absolute Gasteiger partial charge is 0.399 e. The van der Waals surface area contributed by atoms with E-state index in [-0.39, 0.29) is 5.69 Å². The van der Waals surface area contributed by atoms with Crippen LogP contribution in [-0.2, 0) is 5.67 Å². The van der Waals surface area contributed by atoms with Crippen molar-refractivity contribution in [1.82, 2.24) is 0 Å². The van der Waals surface area contributed by atoms with Crippen molar-refractivity contribution >= 4 is 5.69 Å². The Morgan fingerprint density at radius 3 is 1.59 bits per heavy atom. The lowest BCUT2D eigenvalue weighted by Gasteiger charge is -2.31. The largest absolute Gasteiger partial charge is 0.435 e. The number of benzene rings is 1. The van der Waals surface area contributed by atoms with E-state index in [2.05, 4.69) is 0 Å². The molecule has 17 heavy (non-hydrogen) atoms. The van der Waals surface area contributed by atoms with Crippen LogP contribution in [0.25, 0.3) is 0 Å². The normalized spacial score (nSPS) is 16.6. The van der Waals surface area contributed by atoms with Crippen LogP contribution >= 0.6 is 0 Å². The van der Waals surface area contributed by atoms with Crippen molar-refractivity contribution in [2.24, 2.45) is 0 Å². The number of aliphatic hydroxyl groups is 1. The lowest BCUT2D eigenvalue weighted by molar-refractivity contribution is -0.375. The molecule has 96 valence electrons. The van der Waals surface area contributed by atoms with Crippen LogP contribution in [0.5, 0.6) is 0 Å². The van der Waals surface area contributed by atoms with Crippen LogP contribution in [0, 0.1) is 0 Å². The first kappa shape index (κ1) is 13.6. The third-order valence-electron chi connectivity index (χ3n) is 2.11. The first-order chi connectivity index (χ1) is 7.50. The summed E-state index contributed by atoms with van der Waals surface area (Å²) in [5, 5.41) is 8.14. The number of hydrogen-bond donors (Lipinski definition) is 2. The number of hydrogen-bond acceptors (Lipinski definition) is 2. The van der Waals surface area contributed by atoms with E-state index >= 15 is 0 Å². The van der Waals surface area contributed by atoms with Crippen molar-refractivity contribution in [2.75, 3.05) is 5.73 Å². The number of nitrogens with two attached hydrogens (primary N) is 1. The van der Waals surface area contributed by atoms with Gasteiger partial charge in [-0.05, 0) is 12.1 Å². The molecular weight excluding hydrogens is 252 g/mol. The van der Waals surface area contributed by atoms with Gasteiger partial charge in [0, 0.05) is 11.3 Å². The molecule has 0 radical (unpaired) electrons. The van der Waals surface area contributed by atoms with Gasteiger partial charge in [-0.25, -0.2) is 4.39 Å². The van der Waals surface area contributed by atoms with Crippen molar-refractivity contribution in [1.29, 1.82) is 0 Å². The van der Waals surface area contributed by atoms with Gasteiger partial charge in [0.1, 0.15) is 0 Å². The maximum absolute atomic E-state index is 13.5. The molecule has 0 saturated carbocycles. The molecule has 2 nitrogen and oxygen atoms in total. The Morgan fingerprint density at radius 1 is 0.882 bits per heavy atom. The van der Waals surface area contributed by atoms with Crippen LogP contribution in [0.3, 0.4) is 0 Å². The van der Waals surface area contributed by atoms with Gasteiger partial charge in [-0.1, -0.05) is 12.1 Å². The van der Waals surface area contributed by atoms with Crippen LogP contribution in [0.15, 0.2) is 24.3 Å². The van der Waals surface area contributed by atoms with Gasteiger partial charge in [0.2, 0.25) is 0 Å². The Kier molecular flexibility index (Phi) is 3.04. The summed E-state index contributed by atoms with van der Waals surface area (Å²) in [5.74, 6) is 0. The van der Waals surface area contributed by atoms with Gasteiger partial charge in [-0.15, -0.1) is 0 Å². The minimum absolute atomic E-state index is 0.0282. The summed E-state index contributed by atoms with van der Waals surface area (Å²) in [7, 11) is 0. The fourth-order valence-electron chi connectivity index (χ4n) is 1.22. The number of nitrogen functional groups attached to an aromatic ring is 1. The zero-order chi connectivity index (χ0) is 13.5. The van der Waals surface area contributed by atoms with E-state index in [1.165, 1.54) is 0 Å². The standard InChI is InChI=1S/C9H7F6NO/c10-7(8(11,12)13,9(14,15)17)5-1-3-6(16)4-2-5/h1-4,17H,16H2. The molecule has 0 aliphatic carbocycles. The molecule has 0 aromatic heterocycles. The number of alkyl halides is 6. The Morgan fingerprint density at radius 2 is 1.29 bits per heavy atom. The number of halogens is 6. The number of anilines is 1. The molecule has 0 aliphatic heterocycles. The summed E-state index contributed by atoms with van der Waals surface area (Å²) in [6.45, 7) is 0. The van der Waals surface area contributed by atoms with E-state index in [1.807, 2.05) is 0 Å². The van der Waals surface area contributed by atoms with E-state index in [1.54, 1.807) is 0 Å². The summed E-state index contributed by atoms with van der Waals surface area (Å²) in [5.41, 5.74) is -1.49. The average Bonchev–Trinajstić information content (AvgIpc) is 2.14. The highest BCUT2D eigenvalue weighted by Crippen LogP contribution is 2.51. The third kappa shape index (κ3) is 2.17. The maximum Gasteiger partial charge on any atom is 0.435 e. The van der Waals surface area contributed by atoms with Gasteiger partial charge in [-0.2, -0.15) is 22.0 Å². The van der Waals surface area contributed by atoms with Crippen LogP contribution < -0.4 is 5.73 Å². The van der Waals surface area contributed by atoms with E-state index in [0.29, 0.717) is 12.1 Å². The van der Waals surface area contributed by atoms with Gasteiger partial charge in [0.15, 0.2) is 0 Å². The second kappa shape index (κ2) is 3.80. The van der Waals surface area contributed by atoms with Crippen LogP contribution in [0.2, 0.25) is 0 Å². The Hall–Kier alpha value is -1.44. The summed E-state index contributed by atoms with van der Waals surface area (Å²) < 4.78 is 75.5. The van der Waals surface area contributed by atoms with Crippen LogP contribution in [0.1, 0.15) is 5.56 Å². The van der Waals surface area contributed by atoms with Crippen LogP contribution in [0.4, 0.5) is 32.0 Å². The Labute approximate surface area is 91.7 Å². The maximum atomic E-state index is 13.5. The monoisotopic (exact) mass is 259 g/mol. The lowest BCUT2D eigenvalue weighted by atomic mass is 9.93. The van der Waals surface area contributed by atoms with Gasteiger partial charge >= 0.3 is 18.0 Å². The van der Waals surface area contributed by atoms with E-state index in [9.17, 15) is 26.3 Å². The van der Waals surface area contributed by atoms with E-state index in [0.717, 1.165) is 12.1 Å². The molecule has 0 heterocycles. The molecule has 0 amide bonds. The van der Waals surface area contributed by atoms with Crippen molar-refractivity contribution in [3.63, 3.8) is 0 Å². The summed E-state index contributed by atoms with van der Waals surface area (Å²) in [4.78, 5) is 0. The fourth-order valence-corrected chi connectivity index (χ4v) is 1.22. The summed E-state index contributed by atoms with van der Waals surface area (Å²) in [6.07, 6.45) is -11.6. The molecule has 0 saturated heterocycles. The highest BCUT2D eigenvalue weighted by molar-refractivity contribution is 5.41. The summed E-state index contributed by atoms with van der Waals surface area (Å²) in [6, 6.07) is 2.52. The minimum atomic E-state index is -5.97. The SMILES string of the molecule is Nc1ccc(C(F)(C(O)(F)F)C(F)(F)F)cc1. The molecule has 3 N–H and O–H groups in total. The first-order valence-electron chi connectivity index (χ1n) is 4.22. The van der Waals surface area contributed by atoms with Crippen molar-refractivity contribution in [3.8, 4) is 0 Å². The topological polar surface area (TPSA) is 46.2 Å². The van der Waals surface area contributed by atoms with E-state index in [4.69, 9.17) is 10.8 Å². The molecule has 1 unspecified atom stereocenters.